The summed E-state index contributed by atoms with van der Waals surface area (Å²) in [5.41, 5.74) is -0.0280. The van der Waals surface area contributed by atoms with Crippen molar-refractivity contribution in [1.82, 2.24) is 9.88 Å². The molecule has 0 unspecified atom stereocenters. The number of carbonyl (C=O) groups excluding carboxylic acids is 2. The van der Waals surface area contributed by atoms with Crippen molar-refractivity contribution >= 4 is 17.5 Å². The van der Waals surface area contributed by atoms with E-state index in [1.807, 2.05) is 30.3 Å². The maximum atomic E-state index is 12.8. The first-order chi connectivity index (χ1) is 13.3. The van der Waals surface area contributed by atoms with Gasteiger partial charge in [0.05, 0.1) is 6.61 Å². The van der Waals surface area contributed by atoms with E-state index in [1.54, 1.807) is 0 Å². The van der Waals surface area contributed by atoms with E-state index < -0.39 is 17.8 Å². The SMILES string of the molecule is O=C(COCc1ccccc1)N1CCN(c2ccnc(C(F)(F)F)c2)C(=O)C1. The highest BCUT2D eigenvalue weighted by Crippen LogP contribution is 2.30. The van der Waals surface area contributed by atoms with E-state index in [0.29, 0.717) is 0 Å². The van der Waals surface area contributed by atoms with Crippen LogP contribution >= 0.6 is 0 Å². The summed E-state index contributed by atoms with van der Waals surface area (Å²) in [6, 6.07) is 11.5. The number of halogens is 3. The third-order valence-electron chi connectivity index (χ3n) is 4.26. The van der Waals surface area contributed by atoms with Gasteiger partial charge in [0, 0.05) is 25.0 Å². The molecule has 0 N–H and O–H groups in total. The molecule has 0 saturated carbocycles. The summed E-state index contributed by atoms with van der Waals surface area (Å²) in [5.74, 6) is -0.795. The molecular formula is C19H18F3N3O3. The average Bonchev–Trinajstić information content (AvgIpc) is 2.68. The van der Waals surface area contributed by atoms with Crippen molar-refractivity contribution in [3.8, 4) is 0 Å². The van der Waals surface area contributed by atoms with Gasteiger partial charge in [-0.05, 0) is 17.7 Å². The fourth-order valence-electron chi connectivity index (χ4n) is 2.82. The van der Waals surface area contributed by atoms with Crippen molar-refractivity contribution < 1.29 is 27.5 Å². The van der Waals surface area contributed by atoms with Crippen molar-refractivity contribution in [1.29, 1.82) is 0 Å². The summed E-state index contributed by atoms with van der Waals surface area (Å²) < 4.78 is 43.8. The van der Waals surface area contributed by atoms with Crippen LogP contribution in [0.15, 0.2) is 48.7 Å². The van der Waals surface area contributed by atoms with E-state index in [-0.39, 0.29) is 44.4 Å². The molecule has 1 fully saturated rings. The number of hydrogen-bond acceptors (Lipinski definition) is 4. The molecule has 0 spiro atoms. The highest BCUT2D eigenvalue weighted by atomic mass is 19.4. The molecule has 0 aliphatic carbocycles. The number of hydrogen-bond donors (Lipinski definition) is 0. The second-order valence-corrected chi connectivity index (χ2v) is 6.24. The Balaban J connectivity index is 1.55. The van der Waals surface area contributed by atoms with Crippen LogP contribution in [0.3, 0.4) is 0 Å². The minimum Gasteiger partial charge on any atom is -0.367 e. The lowest BCUT2D eigenvalue weighted by Gasteiger charge is -2.34. The summed E-state index contributed by atoms with van der Waals surface area (Å²) in [6.07, 6.45) is -3.58. The van der Waals surface area contributed by atoms with Gasteiger partial charge in [-0.1, -0.05) is 30.3 Å². The lowest BCUT2D eigenvalue weighted by molar-refractivity contribution is -0.141. The molecule has 28 heavy (non-hydrogen) atoms. The first kappa shape index (κ1) is 19.8. The number of rotatable bonds is 5. The van der Waals surface area contributed by atoms with Gasteiger partial charge in [0.1, 0.15) is 18.8 Å². The van der Waals surface area contributed by atoms with Gasteiger partial charge >= 0.3 is 6.18 Å². The lowest BCUT2D eigenvalue weighted by atomic mass is 10.2. The van der Waals surface area contributed by atoms with Gasteiger partial charge in [-0.15, -0.1) is 0 Å². The number of ether oxygens (including phenoxy) is 1. The summed E-state index contributed by atoms with van der Waals surface area (Å²) >= 11 is 0. The van der Waals surface area contributed by atoms with E-state index in [0.717, 1.165) is 17.8 Å². The Hall–Kier alpha value is -2.94. The molecule has 148 valence electrons. The van der Waals surface area contributed by atoms with Crippen LogP contribution in [-0.4, -0.2) is 47.9 Å². The highest BCUT2D eigenvalue weighted by Gasteiger charge is 2.34. The molecule has 2 heterocycles. The van der Waals surface area contributed by atoms with E-state index in [1.165, 1.54) is 15.9 Å². The number of piperazine rings is 1. The molecule has 1 aliphatic rings. The van der Waals surface area contributed by atoms with Crippen LogP contribution in [0, 0.1) is 0 Å². The van der Waals surface area contributed by atoms with E-state index in [2.05, 4.69) is 4.98 Å². The molecule has 1 aromatic heterocycles. The highest BCUT2D eigenvalue weighted by molar-refractivity contribution is 5.98. The Morgan fingerprint density at radius 1 is 1.14 bits per heavy atom. The van der Waals surface area contributed by atoms with Crippen LogP contribution in [0.1, 0.15) is 11.3 Å². The van der Waals surface area contributed by atoms with Gasteiger partial charge in [-0.25, -0.2) is 0 Å². The smallest absolute Gasteiger partial charge is 0.367 e. The van der Waals surface area contributed by atoms with Crippen LogP contribution < -0.4 is 4.90 Å². The fourth-order valence-corrected chi connectivity index (χ4v) is 2.82. The topological polar surface area (TPSA) is 62.7 Å². The molecule has 0 bridgehead atoms. The monoisotopic (exact) mass is 393 g/mol. The van der Waals surface area contributed by atoms with Crippen LogP contribution in [-0.2, 0) is 27.1 Å². The molecule has 6 nitrogen and oxygen atoms in total. The zero-order valence-corrected chi connectivity index (χ0v) is 14.9. The zero-order valence-electron chi connectivity index (χ0n) is 14.9. The number of aromatic nitrogens is 1. The van der Waals surface area contributed by atoms with Crippen molar-refractivity contribution in [3.05, 3.63) is 59.9 Å². The third kappa shape index (κ3) is 4.86. The van der Waals surface area contributed by atoms with Crippen LogP contribution in [0.4, 0.5) is 18.9 Å². The van der Waals surface area contributed by atoms with Crippen LogP contribution in [0.5, 0.6) is 0 Å². The van der Waals surface area contributed by atoms with Crippen molar-refractivity contribution in [2.24, 2.45) is 0 Å². The molecule has 0 atom stereocenters. The zero-order chi connectivity index (χ0) is 20.1. The summed E-state index contributed by atoms with van der Waals surface area (Å²) in [5, 5.41) is 0. The second kappa shape index (κ2) is 8.39. The second-order valence-electron chi connectivity index (χ2n) is 6.24. The maximum Gasteiger partial charge on any atom is 0.433 e. The number of amides is 2. The Kier molecular flexibility index (Phi) is 5.93. The third-order valence-corrected chi connectivity index (χ3v) is 4.26. The Morgan fingerprint density at radius 3 is 2.57 bits per heavy atom. The average molecular weight is 393 g/mol. The normalized spacial score (nSPS) is 15.0. The summed E-state index contributed by atoms with van der Waals surface area (Å²) in [7, 11) is 0. The summed E-state index contributed by atoms with van der Waals surface area (Å²) in [6.45, 7) is 0.206. The predicted molar refractivity (Wildman–Crippen MR) is 94.3 cm³/mol. The minimum atomic E-state index is -4.59. The summed E-state index contributed by atoms with van der Waals surface area (Å²) in [4.78, 5) is 30.4. The molecule has 2 amide bonds. The van der Waals surface area contributed by atoms with E-state index >= 15 is 0 Å². The van der Waals surface area contributed by atoms with Crippen molar-refractivity contribution in [3.63, 3.8) is 0 Å². The van der Waals surface area contributed by atoms with Gasteiger partial charge in [-0.2, -0.15) is 13.2 Å². The first-order valence-corrected chi connectivity index (χ1v) is 8.57. The number of alkyl halides is 3. The number of pyridine rings is 1. The Morgan fingerprint density at radius 2 is 1.89 bits per heavy atom. The van der Waals surface area contributed by atoms with Crippen molar-refractivity contribution in [2.75, 3.05) is 31.1 Å². The number of anilines is 1. The van der Waals surface area contributed by atoms with Crippen LogP contribution in [0.2, 0.25) is 0 Å². The molecule has 9 heteroatoms. The molecule has 2 aromatic rings. The number of carbonyl (C=O) groups is 2. The Labute approximate surface area is 159 Å². The van der Waals surface area contributed by atoms with E-state index in [4.69, 9.17) is 4.74 Å². The number of benzene rings is 1. The lowest BCUT2D eigenvalue weighted by Crippen LogP contribution is -2.53. The van der Waals surface area contributed by atoms with Crippen LogP contribution in [0.25, 0.3) is 0 Å². The fraction of sp³-hybridized carbons (Fsp3) is 0.316. The maximum absolute atomic E-state index is 12.8. The molecule has 3 rings (SSSR count). The molecule has 1 aromatic carbocycles. The molecular weight excluding hydrogens is 375 g/mol. The molecule has 0 radical (unpaired) electrons. The Bertz CT molecular complexity index is 843. The quantitative estimate of drug-likeness (QED) is 0.783. The van der Waals surface area contributed by atoms with Gasteiger partial charge in [0.2, 0.25) is 11.8 Å². The van der Waals surface area contributed by atoms with Gasteiger partial charge in [0.15, 0.2) is 0 Å². The van der Waals surface area contributed by atoms with Gasteiger partial charge in [-0.3, -0.25) is 14.6 Å². The molecule has 1 saturated heterocycles. The van der Waals surface area contributed by atoms with Gasteiger partial charge in [0.25, 0.3) is 0 Å². The minimum absolute atomic E-state index is 0.102. The van der Waals surface area contributed by atoms with E-state index in [9.17, 15) is 22.8 Å². The van der Waals surface area contributed by atoms with Gasteiger partial charge < -0.3 is 14.5 Å². The molecule has 1 aliphatic heterocycles. The number of nitrogens with zero attached hydrogens (tertiary/aromatic N) is 3. The predicted octanol–water partition coefficient (Wildman–Crippen LogP) is 2.49. The largest absolute Gasteiger partial charge is 0.433 e. The van der Waals surface area contributed by atoms with Crippen molar-refractivity contribution in [2.45, 2.75) is 12.8 Å². The first-order valence-electron chi connectivity index (χ1n) is 8.57. The standard InChI is InChI=1S/C19H18F3N3O3/c20-19(21,22)16-10-15(6-7-23-16)25-9-8-24(11-17(25)26)18(27)13-28-12-14-4-2-1-3-5-14/h1-7,10H,8-9,11-13H2.